The number of likely N-dealkylation sites (tertiary alicyclic amines) is 1. The fourth-order valence-corrected chi connectivity index (χ4v) is 6.97. The molecule has 9 nitrogen and oxygen atoms in total. The molecule has 3 N–H and O–H groups in total. The molecule has 0 spiro atoms. The van der Waals surface area contributed by atoms with Gasteiger partial charge >= 0.3 is 18.2 Å². The van der Waals surface area contributed by atoms with E-state index < -0.39 is 12.1 Å². The minimum atomic E-state index is -5.08. The third-order valence-corrected chi connectivity index (χ3v) is 9.07. The number of carboxylic acid groups (broad SMARTS) is 1. The van der Waals surface area contributed by atoms with Gasteiger partial charge in [-0.25, -0.2) is 9.59 Å². The lowest BCUT2D eigenvalue weighted by atomic mass is 9.65. The van der Waals surface area contributed by atoms with Crippen LogP contribution in [0.25, 0.3) is 0 Å². The van der Waals surface area contributed by atoms with E-state index >= 15 is 0 Å². The molecule has 2 heterocycles. The highest BCUT2D eigenvalue weighted by molar-refractivity contribution is 9.10. The van der Waals surface area contributed by atoms with Crippen molar-refractivity contribution in [2.24, 2.45) is 0 Å². The smallest absolute Gasteiger partial charge is 0.490 e. The van der Waals surface area contributed by atoms with Gasteiger partial charge in [-0.15, -0.1) is 0 Å². The highest BCUT2D eigenvalue weighted by atomic mass is 79.9. The maximum absolute atomic E-state index is 12.9. The Hall–Kier alpha value is -3.03. The standard InChI is InChI=1S/C28H36BrN3O4.C2HF3O2/c1-34-24-7-6-19(16-25(24)35-2)28-11-8-22(31-27(33)30-21-5-3-4-20(29)17-21)18-26(28)32(13-12-28)23-9-14-36-15-10-23;3-2(4,5)1(6)7/h3-7,16-17,22-23,26H,8-15,18H2,1-2H3,(H2,30,31,33);(H,6,7). The minimum Gasteiger partial charge on any atom is -0.493 e. The van der Waals surface area contributed by atoms with Crippen molar-refractivity contribution in [2.75, 3.05) is 39.3 Å². The molecule has 0 bridgehead atoms. The molecule has 3 atom stereocenters. The number of carboxylic acids is 1. The Morgan fingerprint density at radius 1 is 1.05 bits per heavy atom. The number of methoxy groups -OCH3 is 2. The number of halogens is 4. The number of alkyl halides is 3. The molecule has 13 heteroatoms. The molecular formula is C30H37BrF3N3O6. The number of amides is 2. The molecule has 5 rings (SSSR count). The monoisotopic (exact) mass is 671 g/mol. The maximum Gasteiger partial charge on any atom is 0.490 e. The normalized spacial score (nSPS) is 24.2. The molecule has 3 aliphatic rings. The van der Waals surface area contributed by atoms with E-state index in [4.69, 9.17) is 24.1 Å². The second-order valence-corrected chi connectivity index (χ2v) is 11.9. The molecule has 2 saturated heterocycles. The third-order valence-electron chi connectivity index (χ3n) is 8.58. The van der Waals surface area contributed by atoms with Crippen LogP contribution >= 0.6 is 15.9 Å². The van der Waals surface area contributed by atoms with E-state index in [1.807, 2.05) is 30.3 Å². The van der Waals surface area contributed by atoms with Crippen molar-refractivity contribution in [3.8, 4) is 11.5 Å². The summed E-state index contributed by atoms with van der Waals surface area (Å²) >= 11 is 3.47. The van der Waals surface area contributed by atoms with Crippen LogP contribution in [0.15, 0.2) is 46.9 Å². The molecule has 43 heavy (non-hydrogen) atoms. The lowest BCUT2D eigenvalue weighted by Crippen LogP contribution is -2.55. The average molecular weight is 673 g/mol. The molecule has 2 aromatic rings. The quantitative estimate of drug-likeness (QED) is 0.348. The van der Waals surface area contributed by atoms with Crippen molar-refractivity contribution < 1.29 is 42.1 Å². The summed E-state index contributed by atoms with van der Waals surface area (Å²) in [5.74, 6) is -1.22. The second kappa shape index (κ2) is 14.2. The largest absolute Gasteiger partial charge is 0.493 e. The molecule has 3 unspecified atom stereocenters. The fourth-order valence-electron chi connectivity index (χ4n) is 6.57. The molecule has 1 aliphatic carbocycles. The SMILES string of the molecule is COc1ccc(C23CCC(NC(=O)Nc4cccc(Br)c4)CC2N(C2CCOCC2)CC3)cc1OC.O=C(O)C(F)(F)F. The molecule has 2 aliphatic heterocycles. The van der Waals surface area contributed by atoms with Crippen LogP contribution in [0.5, 0.6) is 11.5 Å². The van der Waals surface area contributed by atoms with Gasteiger partial charge < -0.3 is 30.0 Å². The minimum absolute atomic E-state index is 0.0385. The summed E-state index contributed by atoms with van der Waals surface area (Å²) in [6.07, 6.45) is 1.06. The number of nitrogens with zero attached hydrogens (tertiary/aromatic N) is 1. The first-order valence-electron chi connectivity index (χ1n) is 14.2. The Labute approximate surface area is 257 Å². The number of ether oxygens (including phenoxy) is 3. The number of anilines is 1. The number of fused-ring (bicyclic) bond motifs is 1. The molecular weight excluding hydrogens is 635 g/mol. The van der Waals surface area contributed by atoms with Crippen LogP contribution in [-0.4, -0.2) is 80.3 Å². The predicted octanol–water partition coefficient (Wildman–Crippen LogP) is 5.96. The van der Waals surface area contributed by atoms with Crippen LogP contribution in [0.1, 0.15) is 44.1 Å². The van der Waals surface area contributed by atoms with Crippen molar-refractivity contribution in [3.05, 3.63) is 52.5 Å². The van der Waals surface area contributed by atoms with Crippen LogP contribution in [0.4, 0.5) is 23.7 Å². The second-order valence-electron chi connectivity index (χ2n) is 11.0. The number of aliphatic carboxylic acids is 1. The summed E-state index contributed by atoms with van der Waals surface area (Å²) in [6, 6.07) is 15.0. The Balaban J connectivity index is 0.000000541. The molecule has 2 amide bonds. The molecule has 3 fully saturated rings. The topological polar surface area (TPSA) is 109 Å². The van der Waals surface area contributed by atoms with Gasteiger partial charge in [0.2, 0.25) is 0 Å². The van der Waals surface area contributed by atoms with E-state index in [0.717, 1.165) is 79.9 Å². The van der Waals surface area contributed by atoms with Crippen LogP contribution in [0.2, 0.25) is 0 Å². The number of hydrogen-bond donors (Lipinski definition) is 3. The highest BCUT2D eigenvalue weighted by Crippen LogP contribution is 2.51. The van der Waals surface area contributed by atoms with E-state index in [2.05, 4.69) is 43.6 Å². The Kier molecular flexibility index (Phi) is 10.8. The van der Waals surface area contributed by atoms with Crippen molar-refractivity contribution in [1.29, 1.82) is 0 Å². The fraction of sp³-hybridized carbons (Fsp3) is 0.533. The van der Waals surface area contributed by atoms with Crippen LogP contribution in [0.3, 0.4) is 0 Å². The summed E-state index contributed by atoms with van der Waals surface area (Å²) < 4.78 is 49.5. The molecule has 236 valence electrons. The van der Waals surface area contributed by atoms with Gasteiger partial charge in [-0.3, -0.25) is 4.90 Å². The van der Waals surface area contributed by atoms with E-state index in [1.165, 1.54) is 5.56 Å². The number of carbonyl (C=O) groups is 2. The van der Waals surface area contributed by atoms with Gasteiger partial charge in [0.05, 0.1) is 14.2 Å². The molecule has 0 radical (unpaired) electrons. The lowest BCUT2D eigenvalue weighted by Gasteiger charge is -2.47. The van der Waals surface area contributed by atoms with Crippen molar-refractivity contribution in [1.82, 2.24) is 10.2 Å². The number of nitrogens with one attached hydrogen (secondary N) is 2. The lowest BCUT2D eigenvalue weighted by molar-refractivity contribution is -0.192. The zero-order valence-electron chi connectivity index (χ0n) is 24.1. The van der Waals surface area contributed by atoms with Gasteiger partial charge in [0.1, 0.15) is 0 Å². The van der Waals surface area contributed by atoms with Crippen LogP contribution < -0.4 is 20.1 Å². The summed E-state index contributed by atoms with van der Waals surface area (Å²) in [7, 11) is 3.38. The summed E-state index contributed by atoms with van der Waals surface area (Å²) in [5, 5.41) is 13.4. The Morgan fingerprint density at radius 3 is 2.37 bits per heavy atom. The Bertz CT molecular complexity index is 1280. The van der Waals surface area contributed by atoms with E-state index in [-0.39, 0.29) is 17.5 Å². The first-order chi connectivity index (χ1) is 20.5. The molecule has 1 saturated carbocycles. The van der Waals surface area contributed by atoms with Gasteiger partial charge in [-0.05, 0) is 81.0 Å². The van der Waals surface area contributed by atoms with Crippen molar-refractivity contribution in [3.63, 3.8) is 0 Å². The number of urea groups is 1. The van der Waals surface area contributed by atoms with Crippen LogP contribution in [0, 0.1) is 0 Å². The van der Waals surface area contributed by atoms with E-state index in [0.29, 0.717) is 12.1 Å². The first kappa shape index (κ1) is 32.9. The van der Waals surface area contributed by atoms with Crippen LogP contribution in [-0.2, 0) is 14.9 Å². The van der Waals surface area contributed by atoms with E-state index in [1.54, 1.807) is 14.2 Å². The Morgan fingerprint density at radius 2 is 1.74 bits per heavy atom. The summed E-state index contributed by atoms with van der Waals surface area (Å²) in [5.41, 5.74) is 2.13. The van der Waals surface area contributed by atoms with Crippen molar-refractivity contribution in [2.45, 2.75) is 68.2 Å². The molecule has 0 aromatic heterocycles. The summed E-state index contributed by atoms with van der Waals surface area (Å²) in [6.45, 7) is 2.72. The van der Waals surface area contributed by atoms with Gasteiger partial charge in [-0.1, -0.05) is 28.1 Å². The zero-order chi connectivity index (χ0) is 31.2. The third kappa shape index (κ3) is 7.93. The van der Waals surface area contributed by atoms with Gasteiger partial charge in [0.15, 0.2) is 11.5 Å². The predicted molar refractivity (Wildman–Crippen MR) is 158 cm³/mol. The number of hydrogen-bond acceptors (Lipinski definition) is 6. The van der Waals surface area contributed by atoms with Gasteiger partial charge in [0, 0.05) is 46.9 Å². The number of carbonyl (C=O) groups excluding carboxylic acids is 1. The number of rotatable bonds is 6. The molecule has 2 aromatic carbocycles. The van der Waals surface area contributed by atoms with E-state index in [9.17, 15) is 18.0 Å². The summed E-state index contributed by atoms with van der Waals surface area (Å²) in [4.78, 5) is 24.5. The van der Waals surface area contributed by atoms with Gasteiger partial charge in [-0.2, -0.15) is 13.2 Å². The number of benzene rings is 2. The zero-order valence-corrected chi connectivity index (χ0v) is 25.7. The van der Waals surface area contributed by atoms with Gasteiger partial charge in [0.25, 0.3) is 0 Å². The van der Waals surface area contributed by atoms with Crippen molar-refractivity contribution >= 4 is 33.6 Å². The average Bonchev–Trinajstić information content (AvgIpc) is 3.37. The first-order valence-corrected chi connectivity index (χ1v) is 15.0. The maximum atomic E-state index is 12.9. The highest BCUT2D eigenvalue weighted by Gasteiger charge is 2.53.